The molecule has 0 saturated carbocycles. The summed E-state index contributed by atoms with van der Waals surface area (Å²) in [4.78, 5) is 20.5. The number of hydrogen-bond donors (Lipinski definition) is 2. The van der Waals surface area contributed by atoms with Crippen molar-refractivity contribution in [3.8, 4) is 11.6 Å². The highest BCUT2D eigenvalue weighted by atomic mass is 19.4. The molecule has 1 amide bonds. The van der Waals surface area contributed by atoms with Crippen LogP contribution in [0.1, 0.15) is 15.9 Å². The zero-order chi connectivity index (χ0) is 22.0. The summed E-state index contributed by atoms with van der Waals surface area (Å²) in [5.74, 6) is 0.292. The number of carbonyl (C=O) groups is 1. The molecule has 4 aromatic rings. The maximum atomic E-state index is 12.9. The van der Waals surface area contributed by atoms with Crippen molar-refractivity contribution in [1.29, 1.82) is 0 Å². The maximum absolute atomic E-state index is 12.9. The molecule has 6 nitrogen and oxygen atoms in total. The minimum atomic E-state index is -4.50. The fourth-order valence-corrected chi connectivity index (χ4v) is 3.03. The fraction of sp³-hybridized carbons (Fsp3) is 0.0455. The van der Waals surface area contributed by atoms with E-state index >= 15 is 0 Å². The second kappa shape index (κ2) is 7.94. The first-order valence-corrected chi connectivity index (χ1v) is 9.07. The number of nitrogen functional groups attached to an aromatic ring is 1. The minimum absolute atomic E-state index is 0.0538. The SMILES string of the molecule is Nc1nccc(Oc2ccc3c(C(=O)Nc4cccc(C(F)(F)F)c4)cccc3c2)n1. The predicted octanol–water partition coefficient (Wildman–Crippen LogP) is 5.28. The Kier molecular flexibility index (Phi) is 5.16. The lowest BCUT2D eigenvalue weighted by molar-refractivity contribution is -0.137. The standard InChI is InChI=1S/C22H15F3N4O2/c23-22(24,25)14-4-2-5-15(12-14)28-20(30)18-6-1-3-13-11-16(7-8-17(13)18)31-19-9-10-27-21(26)29-19/h1-12H,(H,28,30)(H2,26,27,29). The molecule has 3 aromatic carbocycles. The Morgan fingerprint density at radius 2 is 1.81 bits per heavy atom. The Morgan fingerprint density at radius 1 is 1.00 bits per heavy atom. The van der Waals surface area contributed by atoms with E-state index in [1.807, 2.05) is 0 Å². The van der Waals surface area contributed by atoms with E-state index in [9.17, 15) is 18.0 Å². The molecule has 4 rings (SSSR count). The monoisotopic (exact) mass is 424 g/mol. The number of nitrogens with two attached hydrogens (primary N) is 1. The first kappa shape index (κ1) is 20.1. The van der Waals surface area contributed by atoms with E-state index in [1.54, 1.807) is 42.5 Å². The van der Waals surface area contributed by atoms with Gasteiger partial charge in [-0.05, 0) is 53.2 Å². The Bertz CT molecular complexity index is 1280. The molecule has 3 N–H and O–H groups in total. The largest absolute Gasteiger partial charge is 0.439 e. The van der Waals surface area contributed by atoms with Crippen LogP contribution in [0.15, 0.2) is 72.9 Å². The number of amides is 1. The molecule has 9 heteroatoms. The van der Waals surface area contributed by atoms with E-state index in [0.29, 0.717) is 22.1 Å². The van der Waals surface area contributed by atoms with Gasteiger partial charge in [0.15, 0.2) is 0 Å². The second-order valence-electron chi connectivity index (χ2n) is 6.58. The average molecular weight is 424 g/mol. The van der Waals surface area contributed by atoms with Gasteiger partial charge in [0.25, 0.3) is 5.91 Å². The molecule has 0 radical (unpaired) electrons. The summed E-state index contributed by atoms with van der Waals surface area (Å²) in [5, 5.41) is 3.84. The summed E-state index contributed by atoms with van der Waals surface area (Å²) in [6.45, 7) is 0. The summed E-state index contributed by atoms with van der Waals surface area (Å²) in [7, 11) is 0. The molecule has 1 aromatic heterocycles. The van der Waals surface area contributed by atoms with Gasteiger partial charge in [0, 0.05) is 23.5 Å². The Hall–Kier alpha value is -4.14. The second-order valence-corrected chi connectivity index (χ2v) is 6.58. The molecule has 0 aliphatic carbocycles. The molecular formula is C22H15F3N4O2. The first-order valence-electron chi connectivity index (χ1n) is 9.07. The van der Waals surface area contributed by atoms with E-state index in [4.69, 9.17) is 10.5 Å². The summed E-state index contributed by atoms with van der Waals surface area (Å²) < 4.78 is 44.4. The molecule has 0 fully saturated rings. The molecule has 0 bridgehead atoms. The van der Waals surface area contributed by atoms with Crippen molar-refractivity contribution in [3.05, 3.63) is 84.1 Å². The van der Waals surface area contributed by atoms with Crippen molar-refractivity contribution in [3.63, 3.8) is 0 Å². The van der Waals surface area contributed by atoms with Crippen LogP contribution in [0, 0.1) is 0 Å². The van der Waals surface area contributed by atoms with Gasteiger partial charge >= 0.3 is 6.18 Å². The number of aromatic nitrogens is 2. The first-order chi connectivity index (χ1) is 14.8. The van der Waals surface area contributed by atoms with E-state index in [2.05, 4.69) is 15.3 Å². The van der Waals surface area contributed by atoms with Gasteiger partial charge in [-0.3, -0.25) is 4.79 Å². The van der Waals surface area contributed by atoms with Crippen molar-refractivity contribution >= 4 is 28.3 Å². The highest BCUT2D eigenvalue weighted by molar-refractivity contribution is 6.13. The lowest BCUT2D eigenvalue weighted by Gasteiger charge is -2.12. The van der Waals surface area contributed by atoms with Crippen LogP contribution in [-0.4, -0.2) is 15.9 Å². The number of anilines is 2. The molecule has 156 valence electrons. The highest BCUT2D eigenvalue weighted by Gasteiger charge is 2.30. The van der Waals surface area contributed by atoms with Gasteiger partial charge < -0.3 is 15.8 Å². The topological polar surface area (TPSA) is 90.1 Å². The number of nitrogens with one attached hydrogen (secondary N) is 1. The van der Waals surface area contributed by atoms with Crippen LogP contribution in [0.2, 0.25) is 0 Å². The molecule has 0 spiro atoms. The number of halogens is 3. The normalized spacial score (nSPS) is 11.3. The number of benzene rings is 3. The molecule has 0 atom stereocenters. The summed E-state index contributed by atoms with van der Waals surface area (Å²) in [6, 6.07) is 16.2. The Balaban J connectivity index is 1.60. The van der Waals surface area contributed by atoms with E-state index in [-0.39, 0.29) is 17.5 Å². The maximum Gasteiger partial charge on any atom is 0.416 e. The number of rotatable bonds is 4. The predicted molar refractivity (Wildman–Crippen MR) is 110 cm³/mol. The molecule has 1 heterocycles. The number of fused-ring (bicyclic) bond motifs is 1. The zero-order valence-corrected chi connectivity index (χ0v) is 15.9. The van der Waals surface area contributed by atoms with E-state index in [0.717, 1.165) is 12.1 Å². The van der Waals surface area contributed by atoms with Crippen LogP contribution >= 0.6 is 0 Å². The minimum Gasteiger partial charge on any atom is -0.439 e. The van der Waals surface area contributed by atoms with Crippen LogP contribution in [0.25, 0.3) is 10.8 Å². The number of alkyl halides is 3. The van der Waals surface area contributed by atoms with Gasteiger partial charge in [0.05, 0.1) is 5.56 Å². The number of nitrogens with zero attached hydrogens (tertiary/aromatic N) is 2. The van der Waals surface area contributed by atoms with Crippen LogP contribution < -0.4 is 15.8 Å². The van der Waals surface area contributed by atoms with Gasteiger partial charge in [-0.25, -0.2) is 4.98 Å². The molecule has 31 heavy (non-hydrogen) atoms. The van der Waals surface area contributed by atoms with Crippen LogP contribution in [-0.2, 0) is 6.18 Å². The van der Waals surface area contributed by atoms with Gasteiger partial charge in [-0.15, -0.1) is 0 Å². The van der Waals surface area contributed by atoms with Gasteiger partial charge in [0.1, 0.15) is 5.75 Å². The molecule has 0 saturated heterocycles. The van der Waals surface area contributed by atoms with Crippen molar-refractivity contribution in [2.24, 2.45) is 0 Å². The van der Waals surface area contributed by atoms with Crippen molar-refractivity contribution in [1.82, 2.24) is 9.97 Å². The molecule has 0 unspecified atom stereocenters. The number of carbonyl (C=O) groups excluding carboxylic acids is 1. The zero-order valence-electron chi connectivity index (χ0n) is 15.9. The van der Waals surface area contributed by atoms with Crippen LogP contribution in [0.5, 0.6) is 11.6 Å². The lowest BCUT2D eigenvalue weighted by atomic mass is 10.0. The molecule has 0 aliphatic heterocycles. The van der Waals surface area contributed by atoms with Gasteiger partial charge in [0.2, 0.25) is 11.8 Å². The third-order valence-electron chi connectivity index (χ3n) is 4.42. The third-order valence-corrected chi connectivity index (χ3v) is 4.42. The van der Waals surface area contributed by atoms with Crippen LogP contribution in [0.4, 0.5) is 24.8 Å². The van der Waals surface area contributed by atoms with Crippen molar-refractivity contribution in [2.45, 2.75) is 6.18 Å². The smallest absolute Gasteiger partial charge is 0.416 e. The van der Waals surface area contributed by atoms with Crippen molar-refractivity contribution < 1.29 is 22.7 Å². The summed E-state index contributed by atoms with van der Waals surface area (Å²) in [5.41, 5.74) is 5.07. The fourth-order valence-electron chi connectivity index (χ4n) is 3.03. The molecular weight excluding hydrogens is 409 g/mol. The van der Waals surface area contributed by atoms with E-state index < -0.39 is 17.6 Å². The lowest BCUT2D eigenvalue weighted by Crippen LogP contribution is -2.13. The molecule has 0 aliphatic rings. The third kappa shape index (κ3) is 4.55. The van der Waals surface area contributed by atoms with Gasteiger partial charge in [-0.1, -0.05) is 18.2 Å². The van der Waals surface area contributed by atoms with Crippen molar-refractivity contribution in [2.75, 3.05) is 11.1 Å². The summed E-state index contributed by atoms with van der Waals surface area (Å²) in [6.07, 6.45) is -3.03. The Labute approximate surface area is 174 Å². The van der Waals surface area contributed by atoms with Gasteiger partial charge in [-0.2, -0.15) is 18.2 Å². The average Bonchev–Trinajstić information content (AvgIpc) is 2.73. The summed E-state index contributed by atoms with van der Waals surface area (Å²) >= 11 is 0. The number of hydrogen-bond acceptors (Lipinski definition) is 5. The quantitative estimate of drug-likeness (QED) is 0.466. The Morgan fingerprint density at radius 3 is 2.58 bits per heavy atom. The van der Waals surface area contributed by atoms with Crippen LogP contribution in [0.3, 0.4) is 0 Å². The highest BCUT2D eigenvalue weighted by Crippen LogP contribution is 2.31. The van der Waals surface area contributed by atoms with E-state index in [1.165, 1.54) is 18.3 Å². The number of ether oxygens (including phenoxy) is 1.